The summed E-state index contributed by atoms with van der Waals surface area (Å²) in [5.74, 6) is 1.44. The van der Waals surface area contributed by atoms with Crippen LogP contribution in [0.15, 0.2) is 30.3 Å². The smallest absolute Gasteiger partial charge is 0.161 e. The van der Waals surface area contributed by atoms with Crippen LogP contribution in [0.25, 0.3) is 11.8 Å². The van der Waals surface area contributed by atoms with E-state index in [1.165, 1.54) is 0 Å². The van der Waals surface area contributed by atoms with Gasteiger partial charge in [0.2, 0.25) is 0 Å². The Balaban J connectivity index is 0.00000208. The molecule has 1 aliphatic rings. The predicted octanol–water partition coefficient (Wildman–Crippen LogP) is 5.59. The number of ether oxygens (including phenoxy) is 2. The van der Waals surface area contributed by atoms with Crippen molar-refractivity contribution in [1.29, 1.82) is 0 Å². The Morgan fingerprint density at radius 1 is 0.958 bits per heavy atom. The molecule has 0 saturated carbocycles. The monoisotopic (exact) mass is 385 g/mol. The molecule has 6 heteroatoms. The van der Waals surface area contributed by atoms with Crippen molar-refractivity contribution in [3.8, 4) is 11.5 Å². The van der Waals surface area contributed by atoms with Crippen LogP contribution in [0.1, 0.15) is 29.7 Å². The molecule has 0 bridgehead atoms. The molecule has 0 amide bonds. The third-order valence-electron chi connectivity index (χ3n) is 3.96. The van der Waals surface area contributed by atoms with Crippen LogP contribution in [0.2, 0.25) is 10.0 Å². The highest BCUT2D eigenvalue weighted by molar-refractivity contribution is 6.42. The second-order valence-electron chi connectivity index (χ2n) is 5.39. The number of halogens is 3. The van der Waals surface area contributed by atoms with Gasteiger partial charge in [0.25, 0.3) is 0 Å². The van der Waals surface area contributed by atoms with Crippen LogP contribution in [-0.4, -0.2) is 14.2 Å². The molecule has 1 unspecified atom stereocenters. The lowest BCUT2D eigenvalue weighted by atomic mass is 9.94. The minimum atomic E-state index is 0. The van der Waals surface area contributed by atoms with Gasteiger partial charge in [-0.25, -0.2) is 0 Å². The molecule has 1 N–H and O–H groups in total. The summed E-state index contributed by atoms with van der Waals surface area (Å²) in [4.78, 5) is 0. The van der Waals surface area contributed by atoms with E-state index in [0.29, 0.717) is 15.8 Å². The number of nitrogens with one attached hydrogen (secondary N) is 1. The number of hydrogen-bond acceptors (Lipinski definition) is 3. The molecule has 0 radical (unpaired) electrons. The molecule has 0 fully saturated rings. The van der Waals surface area contributed by atoms with Crippen LogP contribution in [0.5, 0.6) is 11.5 Å². The zero-order valence-corrected chi connectivity index (χ0v) is 15.9. The fourth-order valence-electron chi connectivity index (χ4n) is 2.75. The minimum absolute atomic E-state index is 0. The van der Waals surface area contributed by atoms with Gasteiger partial charge in [0.05, 0.1) is 24.3 Å². The summed E-state index contributed by atoms with van der Waals surface area (Å²) in [7, 11) is 3.28. The lowest BCUT2D eigenvalue weighted by Crippen LogP contribution is -2.21. The first kappa shape index (κ1) is 18.8. The van der Waals surface area contributed by atoms with E-state index in [0.717, 1.165) is 28.1 Å². The van der Waals surface area contributed by atoms with Crippen LogP contribution < -0.4 is 14.8 Å². The first-order chi connectivity index (χ1) is 11.0. The van der Waals surface area contributed by atoms with Crippen LogP contribution in [-0.2, 0) is 0 Å². The Morgan fingerprint density at radius 2 is 1.62 bits per heavy atom. The average molecular weight is 387 g/mol. The van der Waals surface area contributed by atoms with E-state index < -0.39 is 0 Å². The second kappa shape index (κ2) is 7.56. The van der Waals surface area contributed by atoms with Crippen molar-refractivity contribution in [3.63, 3.8) is 0 Å². The number of methoxy groups -OCH3 is 2. The van der Waals surface area contributed by atoms with Crippen molar-refractivity contribution in [1.82, 2.24) is 5.32 Å². The summed E-state index contributed by atoms with van der Waals surface area (Å²) in [6.45, 7) is 2.11. The molecule has 1 heterocycles. The zero-order valence-electron chi connectivity index (χ0n) is 13.5. The number of hydrogen-bond donors (Lipinski definition) is 1. The van der Waals surface area contributed by atoms with Crippen LogP contribution in [0, 0.1) is 0 Å². The van der Waals surface area contributed by atoms with Crippen molar-refractivity contribution in [2.75, 3.05) is 14.2 Å². The minimum Gasteiger partial charge on any atom is -0.493 e. The normalized spacial score (nSPS) is 15.5. The van der Waals surface area contributed by atoms with E-state index in [1.54, 1.807) is 20.3 Å². The number of rotatable bonds is 3. The van der Waals surface area contributed by atoms with E-state index >= 15 is 0 Å². The SMILES string of the molecule is COc1cc2c(cc1OC)C(C)NC(c1ccc(Cl)c(Cl)c1)=C2.Cl. The molecule has 0 spiro atoms. The number of fused-ring (bicyclic) bond motifs is 1. The van der Waals surface area contributed by atoms with E-state index in [4.69, 9.17) is 32.7 Å². The molecule has 24 heavy (non-hydrogen) atoms. The summed E-state index contributed by atoms with van der Waals surface area (Å²) in [5, 5.41) is 4.57. The fraction of sp³-hybridized carbons (Fsp3) is 0.222. The van der Waals surface area contributed by atoms with E-state index in [9.17, 15) is 0 Å². The van der Waals surface area contributed by atoms with Crippen molar-refractivity contribution < 1.29 is 9.47 Å². The first-order valence-electron chi connectivity index (χ1n) is 7.23. The molecular weight excluding hydrogens is 369 g/mol. The standard InChI is InChI=1S/C18H17Cl2NO2.ClH/c1-10-13-9-18(23-3)17(22-2)8-12(13)7-16(21-10)11-4-5-14(19)15(20)6-11;/h4-10,21H,1-3H3;1H. The summed E-state index contributed by atoms with van der Waals surface area (Å²) < 4.78 is 10.8. The number of benzene rings is 2. The van der Waals surface area contributed by atoms with Gasteiger partial charge in [-0.1, -0.05) is 29.3 Å². The van der Waals surface area contributed by atoms with Gasteiger partial charge < -0.3 is 14.8 Å². The lowest BCUT2D eigenvalue weighted by Gasteiger charge is -2.27. The predicted molar refractivity (Wildman–Crippen MR) is 103 cm³/mol. The molecule has 0 aliphatic carbocycles. The van der Waals surface area contributed by atoms with Crippen molar-refractivity contribution in [2.24, 2.45) is 0 Å². The molecule has 128 valence electrons. The van der Waals surface area contributed by atoms with Gasteiger partial charge in [-0.3, -0.25) is 0 Å². The second-order valence-corrected chi connectivity index (χ2v) is 6.20. The Morgan fingerprint density at radius 3 is 2.25 bits per heavy atom. The topological polar surface area (TPSA) is 30.5 Å². The van der Waals surface area contributed by atoms with Crippen molar-refractivity contribution in [2.45, 2.75) is 13.0 Å². The first-order valence-corrected chi connectivity index (χ1v) is 7.98. The molecule has 2 aromatic carbocycles. The Labute approximate surface area is 158 Å². The molecule has 0 saturated heterocycles. The molecule has 1 aliphatic heterocycles. The maximum Gasteiger partial charge on any atom is 0.161 e. The Hall–Kier alpha value is -1.55. The van der Waals surface area contributed by atoms with E-state index in [2.05, 4.69) is 18.3 Å². The molecule has 0 aromatic heterocycles. The third kappa shape index (κ3) is 3.44. The molecule has 3 rings (SSSR count). The highest BCUT2D eigenvalue weighted by Gasteiger charge is 2.21. The molecule has 3 nitrogen and oxygen atoms in total. The summed E-state index contributed by atoms with van der Waals surface area (Å²) in [5.41, 5.74) is 4.24. The Bertz CT molecular complexity index is 790. The van der Waals surface area contributed by atoms with Gasteiger partial charge in [0.1, 0.15) is 0 Å². The molecular formula is C18H18Cl3NO2. The van der Waals surface area contributed by atoms with Gasteiger partial charge in [-0.05, 0) is 54.0 Å². The maximum absolute atomic E-state index is 6.13. The van der Waals surface area contributed by atoms with Gasteiger partial charge in [0, 0.05) is 11.7 Å². The van der Waals surface area contributed by atoms with Gasteiger partial charge >= 0.3 is 0 Å². The van der Waals surface area contributed by atoms with Gasteiger partial charge in [-0.2, -0.15) is 0 Å². The quantitative estimate of drug-likeness (QED) is 0.745. The van der Waals surface area contributed by atoms with Crippen molar-refractivity contribution in [3.05, 3.63) is 57.1 Å². The van der Waals surface area contributed by atoms with Crippen LogP contribution in [0.3, 0.4) is 0 Å². The molecule has 2 aromatic rings. The molecule has 1 atom stereocenters. The fourth-order valence-corrected chi connectivity index (χ4v) is 3.05. The summed E-state index contributed by atoms with van der Waals surface area (Å²) >= 11 is 12.1. The van der Waals surface area contributed by atoms with Gasteiger partial charge in [-0.15, -0.1) is 12.4 Å². The van der Waals surface area contributed by atoms with Crippen LogP contribution in [0.4, 0.5) is 0 Å². The summed E-state index contributed by atoms with van der Waals surface area (Å²) in [6.07, 6.45) is 2.08. The highest BCUT2D eigenvalue weighted by atomic mass is 35.5. The van der Waals surface area contributed by atoms with Crippen molar-refractivity contribution >= 4 is 47.4 Å². The Kier molecular flexibility index (Phi) is 5.92. The zero-order chi connectivity index (χ0) is 16.6. The highest BCUT2D eigenvalue weighted by Crippen LogP contribution is 2.38. The van der Waals surface area contributed by atoms with Crippen LogP contribution >= 0.6 is 35.6 Å². The largest absolute Gasteiger partial charge is 0.493 e. The third-order valence-corrected chi connectivity index (χ3v) is 4.70. The van der Waals surface area contributed by atoms with Gasteiger partial charge in [0.15, 0.2) is 11.5 Å². The lowest BCUT2D eigenvalue weighted by molar-refractivity contribution is 0.354. The van der Waals surface area contributed by atoms with E-state index in [1.807, 2.05) is 24.3 Å². The van der Waals surface area contributed by atoms with E-state index in [-0.39, 0.29) is 18.4 Å². The summed E-state index contributed by atoms with van der Waals surface area (Å²) in [6, 6.07) is 9.75. The average Bonchev–Trinajstić information content (AvgIpc) is 2.56. The maximum atomic E-state index is 6.13.